The molecule has 1 saturated heterocycles. The van der Waals surface area contributed by atoms with E-state index in [9.17, 15) is 4.79 Å². The molecule has 0 aromatic rings. The van der Waals surface area contributed by atoms with Gasteiger partial charge in [0.1, 0.15) is 6.79 Å². The Hall–Kier alpha value is -0.650. The topological polar surface area (TPSA) is 59.6 Å². The van der Waals surface area contributed by atoms with Crippen molar-refractivity contribution < 1.29 is 14.3 Å². The normalized spacial score (nSPS) is 22.8. The fraction of sp³-hybridized carbons (Fsp3) is 0.909. The van der Waals surface area contributed by atoms with E-state index in [1.54, 1.807) is 0 Å². The number of rotatable bonds is 6. The summed E-state index contributed by atoms with van der Waals surface area (Å²) in [6, 6.07) is -0.169. The molecule has 0 bridgehead atoms. The van der Waals surface area contributed by atoms with E-state index in [-0.39, 0.29) is 18.1 Å². The van der Waals surface area contributed by atoms with Crippen LogP contribution in [0.3, 0.4) is 0 Å². The minimum Gasteiger partial charge on any atom is -0.355 e. The van der Waals surface area contributed by atoms with Gasteiger partial charge in [-0.15, -0.1) is 0 Å². The fourth-order valence-electron chi connectivity index (χ4n) is 1.46. The molecule has 0 aromatic heterocycles. The van der Waals surface area contributed by atoms with Crippen LogP contribution in [-0.2, 0) is 14.3 Å². The molecule has 5 nitrogen and oxygen atoms in total. The Morgan fingerprint density at radius 1 is 1.56 bits per heavy atom. The van der Waals surface area contributed by atoms with Gasteiger partial charge in [0.15, 0.2) is 0 Å². The fourth-order valence-corrected chi connectivity index (χ4v) is 1.46. The van der Waals surface area contributed by atoms with Crippen molar-refractivity contribution in [3.8, 4) is 0 Å². The maximum Gasteiger partial charge on any atom is 0.236 e. The van der Waals surface area contributed by atoms with Gasteiger partial charge in [-0.3, -0.25) is 4.79 Å². The lowest BCUT2D eigenvalue weighted by atomic mass is 10.2. The second kappa shape index (κ2) is 7.60. The van der Waals surface area contributed by atoms with Gasteiger partial charge in [0.05, 0.1) is 18.8 Å². The molecule has 1 rings (SSSR count). The summed E-state index contributed by atoms with van der Waals surface area (Å²) in [4.78, 5) is 11.5. The van der Waals surface area contributed by atoms with Crippen LogP contribution in [0.1, 0.15) is 26.7 Å². The van der Waals surface area contributed by atoms with Crippen molar-refractivity contribution >= 4 is 5.91 Å². The minimum atomic E-state index is -0.169. The Labute approximate surface area is 96.9 Å². The van der Waals surface area contributed by atoms with Crippen LogP contribution < -0.4 is 10.6 Å². The Morgan fingerprint density at radius 2 is 2.38 bits per heavy atom. The average Bonchev–Trinajstić information content (AvgIpc) is 2.34. The molecule has 1 aliphatic heterocycles. The number of carbonyl (C=O) groups excluding carboxylic acids is 1. The van der Waals surface area contributed by atoms with E-state index < -0.39 is 0 Å². The maximum atomic E-state index is 11.5. The van der Waals surface area contributed by atoms with Crippen molar-refractivity contribution in [2.24, 2.45) is 0 Å². The number of nitrogens with one attached hydrogen (secondary N) is 2. The number of amides is 1. The molecular weight excluding hydrogens is 208 g/mol. The van der Waals surface area contributed by atoms with Gasteiger partial charge in [-0.1, -0.05) is 6.92 Å². The van der Waals surface area contributed by atoms with Crippen LogP contribution >= 0.6 is 0 Å². The summed E-state index contributed by atoms with van der Waals surface area (Å²) >= 11 is 0. The van der Waals surface area contributed by atoms with Crippen LogP contribution in [-0.4, -0.2) is 44.5 Å². The number of carbonyl (C=O) groups is 1. The van der Waals surface area contributed by atoms with Crippen molar-refractivity contribution in [1.29, 1.82) is 0 Å². The van der Waals surface area contributed by atoms with Crippen molar-refractivity contribution in [2.75, 3.05) is 26.5 Å². The molecule has 1 fully saturated rings. The van der Waals surface area contributed by atoms with Gasteiger partial charge < -0.3 is 20.1 Å². The van der Waals surface area contributed by atoms with Gasteiger partial charge in [-0.2, -0.15) is 0 Å². The summed E-state index contributed by atoms with van der Waals surface area (Å²) in [5, 5.41) is 6.02. The van der Waals surface area contributed by atoms with E-state index in [1.807, 2.05) is 13.8 Å². The Morgan fingerprint density at radius 3 is 3.00 bits per heavy atom. The standard InChI is InChI=1S/C11H22N2O3/c1-3-5-12-11(14)9(2)13-7-10-4-6-15-8-16-10/h9-10,13H,3-8H2,1-2H3,(H,12,14). The first kappa shape index (κ1) is 13.4. The molecule has 2 atom stereocenters. The van der Waals surface area contributed by atoms with Crippen molar-refractivity contribution in [1.82, 2.24) is 10.6 Å². The monoisotopic (exact) mass is 230 g/mol. The van der Waals surface area contributed by atoms with Crippen molar-refractivity contribution in [3.63, 3.8) is 0 Å². The van der Waals surface area contributed by atoms with Crippen molar-refractivity contribution in [3.05, 3.63) is 0 Å². The molecule has 2 unspecified atom stereocenters. The highest BCUT2D eigenvalue weighted by Crippen LogP contribution is 2.04. The number of hydrogen-bond acceptors (Lipinski definition) is 4. The third-order valence-electron chi connectivity index (χ3n) is 2.57. The highest BCUT2D eigenvalue weighted by atomic mass is 16.7. The summed E-state index contributed by atoms with van der Waals surface area (Å²) < 4.78 is 10.5. The van der Waals surface area contributed by atoms with Gasteiger partial charge in [-0.05, 0) is 19.8 Å². The second-order valence-electron chi connectivity index (χ2n) is 4.02. The minimum absolute atomic E-state index is 0.0499. The molecule has 0 saturated carbocycles. The molecule has 0 radical (unpaired) electrons. The molecule has 2 N–H and O–H groups in total. The highest BCUT2D eigenvalue weighted by Gasteiger charge is 2.17. The zero-order chi connectivity index (χ0) is 11.8. The summed E-state index contributed by atoms with van der Waals surface area (Å²) in [6.45, 7) is 6.44. The van der Waals surface area contributed by atoms with Crippen LogP contribution in [0.15, 0.2) is 0 Å². The zero-order valence-corrected chi connectivity index (χ0v) is 10.1. The van der Waals surface area contributed by atoms with Crippen LogP contribution in [0.2, 0.25) is 0 Å². The van der Waals surface area contributed by atoms with E-state index in [2.05, 4.69) is 10.6 Å². The Bertz CT molecular complexity index is 205. The van der Waals surface area contributed by atoms with Gasteiger partial charge in [0.25, 0.3) is 0 Å². The molecule has 0 aromatic carbocycles. The van der Waals surface area contributed by atoms with Crippen LogP contribution in [0.5, 0.6) is 0 Å². The smallest absolute Gasteiger partial charge is 0.236 e. The molecule has 1 amide bonds. The number of ether oxygens (including phenoxy) is 2. The van der Waals surface area contributed by atoms with E-state index in [0.29, 0.717) is 13.3 Å². The molecule has 1 aliphatic rings. The summed E-state index contributed by atoms with van der Waals surface area (Å²) in [5.74, 6) is 0.0499. The van der Waals surface area contributed by atoms with Crippen LogP contribution in [0.25, 0.3) is 0 Å². The summed E-state index contributed by atoms with van der Waals surface area (Å²) in [7, 11) is 0. The summed E-state index contributed by atoms with van der Waals surface area (Å²) in [6.07, 6.45) is 2.01. The zero-order valence-electron chi connectivity index (χ0n) is 10.1. The molecule has 5 heteroatoms. The van der Waals surface area contributed by atoms with E-state index in [0.717, 1.165) is 26.0 Å². The molecule has 94 valence electrons. The first-order valence-electron chi connectivity index (χ1n) is 5.94. The van der Waals surface area contributed by atoms with Gasteiger partial charge >= 0.3 is 0 Å². The molecule has 0 aliphatic carbocycles. The highest BCUT2D eigenvalue weighted by molar-refractivity contribution is 5.81. The third-order valence-corrected chi connectivity index (χ3v) is 2.57. The summed E-state index contributed by atoms with van der Waals surface area (Å²) in [5.41, 5.74) is 0. The molecule has 1 heterocycles. The first-order valence-corrected chi connectivity index (χ1v) is 5.94. The molecule has 0 spiro atoms. The molecular formula is C11H22N2O3. The lowest BCUT2D eigenvalue weighted by Crippen LogP contribution is -2.46. The predicted molar refractivity (Wildman–Crippen MR) is 61.1 cm³/mol. The van der Waals surface area contributed by atoms with Crippen molar-refractivity contribution in [2.45, 2.75) is 38.8 Å². The van der Waals surface area contributed by atoms with Gasteiger partial charge in [-0.25, -0.2) is 0 Å². The molecule has 16 heavy (non-hydrogen) atoms. The largest absolute Gasteiger partial charge is 0.355 e. The quantitative estimate of drug-likeness (QED) is 0.687. The van der Waals surface area contributed by atoms with Crippen LogP contribution in [0, 0.1) is 0 Å². The van der Waals surface area contributed by atoms with E-state index in [1.165, 1.54) is 0 Å². The van der Waals surface area contributed by atoms with E-state index in [4.69, 9.17) is 9.47 Å². The maximum absolute atomic E-state index is 11.5. The van der Waals surface area contributed by atoms with Crippen LogP contribution in [0.4, 0.5) is 0 Å². The SMILES string of the molecule is CCCNC(=O)C(C)NCC1CCOCO1. The lowest BCUT2D eigenvalue weighted by molar-refractivity contribution is -0.138. The first-order chi connectivity index (χ1) is 7.74. The average molecular weight is 230 g/mol. The number of hydrogen-bond donors (Lipinski definition) is 2. The van der Waals surface area contributed by atoms with E-state index >= 15 is 0 Å². The predicted octanol–water partition coefficient (Wildman–Crippen LogP) is 0.254. The van der Waals surface area contributed by atoms with Gasteiger partial charge in [0, 0.05) is 13.1 Å². The van der Waals surface area contributed by atoms with Gasteiger partial charge in [0.2, 0.25) is 5.91 Å². The second-order valence-corrected chi connectivity index (χ2v) is 4.02. The third kappa shape index (κ3) is 4.92. The lowest BCUT2D eigenvalue weighted by Gasteiger charge is -2.24. The Kier molecular flexibility index (Phi) is 6.37. The Balaban J connectivity index is 2.12.